The lowest BCUT2D eigenvalue weighted by molar-refractivity contribution is 0.868. The molecule has 3 aromatic heterocycles. The van der Waals surface area contributed by atoms with Crippen molar-refractivity contribution in [3.63, 3.8) is 0 Å². The van der Waals surface area contributed by atoms with Gasteiger partial charge in [0.15, 0.2) is 11.6 Å². The minimum absolute atomic E-state index is 0.120. The zero-order valence-electron chi connectivity index (χ0n) is 14.1. The van der Waals surface area contributed by atoms with E-state index in [1.165, 1.54) is 0 Å². The average Bonchev–Trinajstić information content (AvgIpc) is 2.61. The van der Waals surface area contributed by atoms with Crippen molar-refractivity contribution in [2.24, 2.45) is 0 Å². The minimum Gasteiger partial charge on any atom is -0.352 e. The molecular weight excluding hydrogens is 352 g/mol. The smallest absolute Gasteiger partial charge is 0.233 e. The van der Waals surface area contributed by atoms with E-state index in [0.717, 1.165) is 0 Å². The molecule has 0 unspecified atom stereocenters. The van der Waals surface area contributed by atoms with E-state index in [1.807, 2.05) is 13.8 Å². The van der Waals surface area contributed by atoms with Crippen LogP contribution in [0.15, 0.2) is 36.5 Å². The molecule has 0 fully saturated rings. The second-order valence-electron chi connectivity index (χ2n) is 5.59. The van der Waals surface area contributed by atoms with Gasteiger partial charge in [0.25, 0.3) is 0 Å². The molecule has 9 heteroatoms. The summed E-state index contributed by atoms with van der Waals surface area (Å²) in [5.74, 6) is 1.34. The molecule has 0 aromatic carbocycles. The molecule has 0 amide bonds. The van der Waals surface area contributed by atoms with Crippen LogP contribution in [0.2, 0.25) is 5.15 Å². The summed E-state index contributed by atoms with van der Waals surface area (Å²) in [4.78, 5) is 21.5. The van der Waals surface area contributed by atoms with Crippen LogP contribution in [0.25, 0.3) is 11.5 Å². The van der Waals surface area contributed by atoms with Crippen LogP contribution >= 0.6 is 11.6 Å². The van der Waals surface area contributed by atoms with Gasteiger partial charge < -0.3 is 10.6 Å². The molecule has 0 aliphatic heterocycles. The molecule has 0 saturated heterocycles. The number of hydrogen-bond acceptors (Lipinski definition) is 8. The normalized spacial score (nSPS) is 10.4. The SMILES string of the molecule is CC(C)Nc1nc(Nc2ncccc2C#N)nc(-c2cccc(Cl)n2)n1. The Morgan fingerprint density at radius 1 is 1.04 bits per heavy atom. The van der Waals surface area contributed by atoms with Gasteiger partial charge in [-0.15, -0.1) is 0 Å². The Morgan fingerprint density at radius 2 is 1.85 bits per heavy atom. The van der Waals surface area contributed by atoms with E-state index in [2.05, 4.69) is 41.6 Å². The third-order valence-electron chi connectivity index (χ3n) is 3.16. The van der Waals surface area contributed by atoms with Gasteiger partial charge in [0, 0.05) is 12.2 Å². The maximum absolute atomic E-state index is 9.21. The van der Waals surface area contributed by atoms with E-state index >= 15 is 0 Å². The van der Waals surface area contributed by atoms with Gasteiger partial charge in [-0.3, -0.25) is 0 Å². The largest absolute Gasteiger partial charge is 0.352 e. The maximum Gasteiger partial charge on any atom is 0.233 e. The number of nitriles is 1. The highest BCUT2D eigenvalue weighted by Gasteiger charge is 2.13. The fraction of sp³-hybridized carbons (Fsp3) is 0.176. The van der Waals surface area contributed by atoms with Crippen molar-refractivity contribution in [3.8, 4) is 17.6 Å². The third-order valence-corrected chi connectivity index (χ3v) is 3.37. The highest BCUT2D eigenvalue weighted by atomic mass is 35.5. The topological polar surface area (TPSA) is 112 Å². The average molecular weight is 367 g/mol. The number of hydrogen-bond donors (Lipinski definition) is 2. The van der Waals surface area contributed by atoms with Gasteiger partial charge in [0.1, 0.15) is 16.9 Å². The molecule has 0 bridgehead atoms. The monoisotopic (exact) mass is 366 g/mol. The summed E-state index contributed by atoms with van der Waals surface area (Å²) in [6, 6.07) is 10.7. The van der Waals surface area contributed by atoms with Gasteiger partial charge >= 0.3 is 0 Å². The van der Waals surface area contributed by atoms with Crippen molar-refractivity contribution in [3.05, 3.63) is 47.2 Å². The quantitative estimate of drug-likeness (QED) is 0.660. The molecule has 3 aromatic rings. The lowest BCUT2D eigenvalue weighted by Gasteiger charge is -2.12. The summed E-state index contributed by atoms with van der Waals surface area (Å²) in [5, 5.41) is 15.7. The van der Waals surface area contributed by atoms with E-state index in [0.29, 0.717) is 34.0 Å². The second kappa shape index (κ2) is 7.72. The lowest BCUT2D eigenvalue weighted by atomic mass is 10.3. The summed E-state index contributed by atoms with van der Waals surface area (Å²) < 4.78 is 0. The number of nitrogens with zero attached hydrogens (tertiary/aromatic N) is 6. The summed E-state index contributed by atoms with van der Waals surface area (Å²) in [6.07, 6.45) is 1.58. The molecule has 0 aliphatic carbocycles. The second-order valence-corrected chi connectivity index (χ2v) is 5.97. The fourth-order valence-electron chi connectivity index (χ4n) is 2.10. The van der Waals surface area contributed by atoms with Crippen molar-refractivity contribution in [1.29, 1.82) is 5.26 Å². The number of aromatic nitrogens is 5. The van der Waals surface area contributed by atoms with Crippen LogP contribution in [0.4, 0.5) is 17.7 Å². The third kappa shape index (κ3) is 4.20. The van der Waals surface area contributed by atoms with Crippen molar-refractivity contribution in [2.75, 3.05) is 10.6 Å². The first-order valence-electron chi connectivity index (χ1n) is 7.83. The zero-order chi connectivity index (χ0) is 18.5. The van der Waals surface area contributed by atoms with E-state index in [9.17, 15) is 5.26 Å². The maximum atomic E-state index is 9.21. The molecular formula is C17H15ClN8. The lowest BCUT2D eigenvalue weighted by Crippen LogP contribution is -2.15. The van der Waals surface area contributed by atoms with E-state index in [1.54, 1.807) is 36.5 Å². The van der Waals surface area contributed by atoms with E-state index in [-0.39, 0.29) is 12.0 Å². The Balaban J connectivity index is 2.04. The first kappa shape index (κ1) is 17.5. The molecule has 0 radical (unpaired) electrons. The van der Waals surface area contributed by atoms with Gasteiger partial charge in [-0.1, -0.05) is 17.7 Å². The standard InChI is InChI=1S/C17H15ClN8/c1-10(2)21-16-24-15(12-6-3-7-13(18)22-12)25-17(26-16)23-14-11(9-19)5-4-8-20-14/h3-8,10H,1-2H3,(H2,20,21,23,24,25,26). The number of anilines is 3. The summed E-state index contributed by atoms with van der Waals surface area (Å²) >= 11 is 5.97. The van der Waals surface area contributed by atoms with Crippen molar-refractivity contribution in [2.45, 2.75) is 19.9 Å². The summed E-state index contributed by atoms with van der Waals surface area (Å²) in [6.45, 7) is 3.95. The summed E-state index contributed by atoms with van der Waals surface area (Å²) in [5.41, 5.74) is 0.894. The number of rotatable bonds is 5. The van der Waals surface area contributed by atoms with Gasteiger partial charge in [-0.2, -0.15) is 20.2 Å². The van der Waals surface area contributed by atoms with E-state index < -0.39 is 0 Å². The zero-order valence-corrected chi connectivity index (χ0v) is 14.9. The number of halogens is 1. The summed E-state index contributed by atoms with van der Waals surface area (Å²) in [7, 11) is 0. The Morgan fingerprint density at radius 3 is 2.58 bits per heavy atom. The number of nitrogens with one attached hydrogen (secondary N) is 2. The van der Waals surface area contributed by atoms with Crippen LogP contribution in [-0.4, -0.2) is 31.0 Å². The van der Waals surface area contributed by atoms with Gasteiger partial charge in [0.05, 0.1) is 5.56 Å². The Kier molecular flexibility index (Phi) is 5.20. The van der Waals surface area contributed by atoms with Gasteiger partial charge in [-0.25, -0.2) is 9.97 Å². The van der Waals surface area contributed by atoms with Crippen LogP contribution in [0.1, 0.15) is 19.4 Å². The van der Waals surface area contributed by atoms with Crippen LogP contribution in [0.5, 0.6) is 0 Å². The highest BCUT2D eigenvalue weighted by molar-refractivity contribution is 6.29. The predicted molar refractivity (Wildman–Crippen MR) is 99.1 cm³/mol. The van der Waals surface area contributed by atoms with Crippen LogP contribution < -0.4 is 10.6 Å². The molecule has 3 heterocycles. The molecule has 26 heavy (non-hydrogen) atoms. The Bertz CT molecular complexity index is 967. The minimum atomic E-state index is 0.120. The molecule has 3 rings (SSSR count). The van der Waals surface area contributed by atoms with Crippen molar-refractivity contribution in [1.82, 2.24) is 24.9 Å². The molecule has 130 valence electrons. The fourth-order valence-corrected chi connectivity index (χ4v) is 2.27. The first-order valence-corrected chi connectivity index (χ1v) is 8.20. The highest BCUT2D eigenvalue weighted by Crippen LogP contribution is 2.21. The molecule has 8 nitrogen and oxygen atoms in total. The predicted octanol–water partition coefficient (Wildman–Crippen LogP) is 3.42. The Labute approximate surface area is 155 Å². The van der Waals surface area contributed by atoms with Crippen LogP contribution in [0, 0.1) is 11.3 Å². The van der Waals surface area contributed by atoms with Crippen LogP contribution in [0.3, 0.4) is 0 Å². The van der Waals surface area contributed by atoms with Crippen molar-refractivity contribution >= 4 is 29.3 Å². The number of pyridine rings is 2. The molecule has 0 spiro atoms. The van der Waals surface area contributed by atoms with Gasteiger partial charge in [-0.05, 0) is 38.1 Å². The Hall–Kier alpha value is -3.31. The molecule has 0 atom stereocenters. The van der Waals surface area contributed by atoms with Crippen molar-refractivity contribution < 1.29 is 0 Å². The van der Waals surface area contributed by atoms with Crippen LogP contribution in [-0.2, 0) is 0 Å². The molecule has 2 N–H and O–H groups in total. The molecule has 0 aliphatic rings. The van der Waals surface area contributed by atoms with Gasteiger partial charge in [0.2, 0.25) is 11.9 Å². The molecule has 0 saturated carbocycles. The van der Waals surface area contributed by atoms with E-state index in [4.69, 9.17) is 11.6 Å². The first-order chi connectivity index (χ1) is 12.5.